The van der Waals surface area contributed by atoms with E-state index in [1.807, 2.05) is 23.1 Å². The van der Waals surface area contributed by atoms with Gasteiger partial charge in [0.2, 0.25) is 0 Å². The van der Waals surface area contributed by atoms with Gasteiger partial charge in [-0.1, -0.05) is 18.2 Å². The fourth-order valence-electron chi connectivity index (χ4n) is 2.35. The molecule has 0 saturated carbocycles. The van der Waals surface area contributed by atoms with Gasteiger partial charge < -0.3 is 14.4 Å². The van der Waals surface area contributed by atoms with E-state index >= 15 is 0 Å². The summed E-state index contributed by atoms with van der Waals surface area (Å²) in [7, 11) is 3.17. The Kier molecular flexibility index (Phi) is 5.73. The molecule has 0 radical (unpaired) electrons. The number of nitro groups is 1. The van der Waals surface area contributed by atoms with Crippen LogP contribution in [-0.2, 0) is 6.54 Å². The summed E-state index contributed by atoms with van der Waals surface area (Å²) in [5.74, 6) is 1.91. The summed E-state index contributed by atoms with van der Waals surface area (Å²) >= 11 is 0. The van der Waals surface area contributed by atoms with Gasteiger partial charge in [-0.2, -0.15) is 0 Å². The maximum atomic E-state index is 10.8. The van der Waals surface area contributed by atoms with Gasteiger partial charge in [-0.05, 0) is 12.1 Å². The Labute approximate surface area is 140 Å². The third-order valence-electron chi connectivity index (χ3n) is 3.46. The Bertz CT molecular complexity index is 716. The minimum absolute atomic E-state index is 0.0451. The predicted octanol–water partition coefficient (Wildman–Crippen LogP) is 3.20. The Hall–Kier alpha value is -3.09. The summed E-state index contributed by atoms with van der Waals surface area (Å²) in [4.78, 5) is 16.4. The van der Waals surface area contributed by atoms with Crippen molar-refractivity contribution in [3.63, 3.8) is 0 Å². The first-order valence-corrected chi connectivity index (χ1v) is 7.26. The topological polar surface area (TPSA) is 77.7 Å². The van der Waals surface area contributed by atoms with Crippen molar-refractivity contribution in [2.75, 3.05) is 25.7 Å². The fraction of sp³-hybridized carbons (Fsp3) is 0.235. The normalized spacial score (nSPS) is 10.1. The summed E-state index contributed by atoms with van der Waals surface area (Å²) < 4.78 is 10.8. The molecule has 0 fully saturated rings. The first-order valence-electron chi connectivity index (χ1n) is 7.26. The second-order valence-corrected chi connectivity index (χ2v) is 4.95. The van der Waals surface area contributed by atoms with E-state index in [0.29, 0.717) is 30.4 Å². The van der Waals surface area contributed by atoms with Gasteiger partial charge in [0.1, 0.15) is 12.0 Å². The van der Waals surface area contributed by atoms with Crippen LogP contribution in [0.25, 0.3) is 0 Å². The molecule has 7 nitrogen and oxygen atoms in total. The molecule has 0 aliphatic rings. The van der Waals surface area contributed by atoms with E-state index in [1.54, 1.807) is 26.4 Å². The molecule has 0 aliphatic heterocycles. The Morgan fingerprint density at radius 2 is 2.08 bits per heavy atom. The molecule has 1 aromatic heterocycles. The molecule has 126 valence electrons. The number of ether oxygens (including phenoxy) is 2. The Morgan fingerprint density at radius 3 is 2.62 bits per heavy atom. The fourth-order valence-corrected chi connectivity index (χ4v) is 2.35. The number of para-hydroxylation sites is 1. The smallest absolute Gasteiger partial charge is 0.287 e. The lowest BCUT2D eigenvalue weighted by Gasteiger charge is -2.23. The van der Waals surface area contributed by atoms with Crippen LogP contribution in [0.5, 0.6) is 11.5 Å². The maximum Gasteiger partial charge on any atom is 0.287 e. The number of hydrogen-bond acceptors (Lipinski definition) is 6. The summed E-state index contributed by atoms with van der Waals surface area (Å²) in [6, 6.07) is 8.69. The number of anilines is 1. The molecule has 0 N–H and O–H groups in total. The number of nitrogens with zero attached hydrogens (tertiary/aromatic N) is 3. The SMILES string of the molecule is C=CCN(Cc1cccc(OC)c1OC)c1ccc([N+](=O)[O-])cn1. The van der Waals surface area contributed by atoms with Crippen LogP contribution >= 0.6 is 0 Å². The maximum absolute atomic E-state index is 10.8. The third kappa shape index (κ3) is 3.81. The summed E-state index contributed by atoms with van der Waals surface area (Å²) in [5.41, 5.74) is 0.870. The van der Waals surface area contributed by atoms with Crippen LogP contribution in [0.3, 0.4) is 0 Å². The van der Waals surface area contributed by atoms with Crippen LogP contribution in [0.1, 0.15) is 5.56 Å². The molecule has 24 heavy (non-hydrogen) atoms. The van der Waals surface area contributed by atoms with Crippen molar-refractivity contribution in [1.82, 2.24) is 4.98 Å². The number of pyridine rings is 1. The summed E-state index contributed by atoms with van der Waals surface area (Å²) in [6.07, 6.45) is 2.99. The number of methoxy groups -OCH3 is 2. The minimum Gasteiger partial charge on any atom is -0.493 e. The van der Waals surface area contributed by atoms with Gasteiger partial charge in [0, 0.05) is 24.7 Å². The van der Waals surface area contributed by atoms with E-state index in [9.17, 15) is 10.1 Å². The van der Waals surface area contributed by atoms with Gasteiger partial charge in [0.25, 0.3) is 5.69 Å². The molecule has 2 rings (SSSR count). The molecular formula is C17H19N3O4. The van der Waals surface area contributed by atoms with Gasteiger partial charge in [-0.3, -0.25) is 10.1 Å². The minimum atomic E-state index is -0.473. The number of aromatic nitrogens is 1. The summed E-state index contributed by atoms with van der Waals surface area (Å²) in [5, 5.41) is 10.8. The highest BCUT2D eigenvalue weighted by Gasteiger charge is 2.15. The van der Waals surface area contributed by atoms with E-state index in [1.165, 1.54) is 12.3 Å². The molecule has 7 heteroatoms. The van der Waals surface area contributed by atoms with Crippen molar-refractivity contribution in [3.8, 4) is 11.5 Å². The zero-order chi connectivity index (χ0) is 17.5. The molecule has 0 aliphatic carbocycles. The van der Waals surface area contributed by atoms with Crippen molar-refractivity contribution in [2.45, 2.75) is 6.54 Å². The van der Waals surface area contributed by atoms with Crippen molar-refractivity contribution in [1.29, 1.82) is 0 Å². The van der Waals surface area contributed by atoms with Crippen LogP contribution in [0.15, 0.2) is 49.2 Å². The van der Waals surface area contributed by atoms with E-state index < -0.39 is 4.92 Å². The van der Waals surface area contributed by atoms with E-state index in [4.69, 9.17) is 9.47 Å². The number of benzene rings is 1. The van der Waals surface area contributed by atoms with Crippen LogP contribution in [-0.4, -0.2) is 30.7 Å². The third-order valence-corrected chi connectivity index (χ3v) is 3.46. The van der Waals surface area contributed by atoms with Crippen LogP contribution in [0, 0.1) is 10.1 Å². The molecule has 0 amide bonds. The number of hydrogen-bond donors (Lipinski definition) is 0. The van der Waals surface area contributed by atoms with Gasteiger partial charge in [-0.25, -0.2) is 4.98 Å². The second kappa shape index (κ2) is 7.96. The molecule has 0 spiro atoms. The molecule has 0 atom stereocenters. The zero-order valence-corrected chi connectivity index (χ0v) is 13.6. The monoisotopic (exact) mass is 329 g/mol. The van der Waals surface area contributed by atoms with Gasteiger partial charge in [0.15, 0.2) is 11.5 Å². The van der Waals surface area contributed by atoms with Crippen LogP contribution in [0.4, 0.5) is 11.5 Å². The standard InChI is InChI=1S/C17H19N3O4/c1-4-10-19(16-9-8-14(11-18-16)20(21)22)12-13-6-5-7-15(23-2)17(13)24-3/h4-9,11H,1,10,12H2,2-3H3. The van der Waals surface area contributed by atoms with Crippen LogP contribution in [0.2, 0.25) is 0 Å². The first kappa shape index (κ1) is 17.3. The summed E-state index contributed by atoms with van der Waals surface area (Å²) in [6.45, 7) is 4.79. The highest BCUT2D eigenvalue weighted by molar-refractivity contribution is 5.50. The average Bonchev–Trinajstić information content (AvgIpc) is 2.61. The van der Waals surface area contributed by atoms with Gasteiger partial charge in [-0.15, -0.1) is 6.58 Å². The highest BCUT2D eigenvalue weighted by atomic mass is 16.6. The van der Waals surface area contributed by atoms with Crippen molar-refractivity contribution in [2.24, 2.45) is 0 Å². The molecule has 0 unspecified atom stereocenters. The lowest BCUT2D eigenvalue weighted by molar-refractivity contribution is -0.385. The van der Waals surface area contributed by atoms with E-state index in [2.05, 4.69) is 11.6 Å². The lowest BCUT2D eigenvalue weighted by atomic mass is 10.1. The van der Waals surface area contributed by atoms with Gasteiger partial charge in [0.05, 0.1) is 19.1 Å². The number of rotatable bonds is 8. The van der Waals surface area contributed by atoms with Gasteiger partial charge >= 0.3 is 0 Å². The second-order valence-electron chi connectivity index (χ2n) is 4.95. The molecule has 1 aromatic carbocycles. The molecule has 2 aromatic rings. The molecule has 0 bridgehead atoms. The first-order chi connectivity index (χ1) is 11.6. The quantitative estimate of drug-likeness (QED) is 0.420. The largest absolute Gasteiger partial charge is 0.493 e. The van der Waals surface area contributed by atoms with E-state index in [0.717, 1.165) is 5.56 Å². The predicted molar refractivity (Wildman–Crippen MR) is 91.7 cm³/mol. The Balaban J connectivity index is 2.32. The van der Waals surface area contributed by atoms with Crippen molar-refractivity contribution >= 4 is 11.5 Å². The average molecular weight is 329 g/mol. The van der Waals surface area contributed by atoms with Crippen molar-refractivity contribution in [3.05, 3.63) is 64.9 Å². The Morgan fingerprint density at radius 1 is 1.29 bits per heavy atom. The highest BCUT2D eigenvalue weighted by Crippen LogP contribution is 2.32. The molecular weight excluding hydrogens is 310 g/mol. The van der Waals surface area contributed by atoms with Crippen LogP contribution < -0.4 is 14.4 Å². The lowest BCUT2D eigenvalue weighted by Crippen LogP contribution is -2.24. The zero-order valence-electron chi connectivity index (χ0n) is 13.6. The van der Waals surface area contributed by atoms with Crippen molar-refractivity contribution < 1.29 is 14.4 Å². The van der Waals surface area contributed by atoms with E-state index in [-0.39, 0.29) is 5.69 Å². The molecule has 1 heterocycles. The molecule has 0 saturated heterocycles.